The van der Waals surface area contributed by atoms with Crippen molar-refractivity contribution in [3.63, 3.8) is 0 Å². The number of fused-ring (bicyclic) bond motifs is 1. The van der Waals surface area contributed by atoms with Crippen molar-refractivity contribution < 1.29 is 14.4 Å². The molecule has 1 aliphatic rings. The number of hydrogen-bond acceptors (Lipinski definition) is 4. The second kappa shape index (κ2) is 8.55. The Hall–Kier alpha value is -3.74. The van der Waals surface area contributed by atoms with Gasteiger partial charge in [-0.1, -0.05) is 36.4 Å². The van der Waals surface area contributed by atoms with Crippen molar-refractivity contribution in [2.75, 3.05) is 0 Å². The second-order valence-electron chi connectivity index (χ2n) is 7.77. The lowest BCUT2D eigenvalue weighted by Gasteiger charge is -2.23. The van der Waals surface area contributed by atoms with E-state index in [2.05, 4.69) is 28.6 Å². The molecule has 1 aromatic heterocycles. The van der Waals surface area contributed by atoms with Crippen LogP contribution in [0.25, 0.3) is 22.4 Å². The van der Waals surface area contributed by atoms with E-state index in [1.807, 2.05) is 55.2 Å². The van der Waals surface area contributed by atoms with E-state index in [0.29, 0.717) is 24.9 Å². The van der Waals surface area contributed by atoms with E-state index in [1.165, 1.54) is 0 Å². The van der Waals surface area contributed by atoms with Gasteiger partial charge in [0.2, 0.25) is 12.3 Å². The van der Waals surface area contributed by atoms with E-state index in [4.69, 9.17) is 0 Å². The lowest BCUT2D eigenvalue weighted by atomic mass is 9.98. The molecule has 3 aromatic rings. The van der Waals surface area contributed by atoms with Gasteiger partial charge < -0.3 is 4.90 Å². The van der Waals surface area contributed by atoms with E-state index in [0.717, 1.165) is 27.9 Å². The summed E-state index contributed by atoms with van der Waals surface area (Å²) in [4.78, 5) is 36.6. The van der Waals surface area contributed by atoms with Crippen LogP contribution >= 0.6 is 0 Å². The van der Waals surface area contributed by atoms with Crippen molar-refractivity contribution in [1.29, 1.82) is 0 Å². The first-order chi connectivity index (χ1) is 15.0. The predicted molar refractivity (Wildman–Crippen MR) is 117 cm³/mol. The number of benzene rings is 2. The highest BCUT2D eigenvalue weighted by Gasteiger charge is 2.31. The SMILES string of the molecule is CC(CCC(=O)NC=O)N1Cc2cc(-c3cnn(C)c3-c3ccccc3)ccc2C1=O. The minimum atomic E-state index is -0.335. The lowest BCUT2D eigenvalue weighted by molar-refractivity contribution is -0.125. The van der Waals surface area contributed by atoms with Gasteiger partial charge in [0.1, 0.15) is 0 Å². The Morgan fingerprint density at radius 2 is 1.94 bits per heavy atom. The third-order valence-electron chi connectivity index (χ3n) is 5.78. The maximum Gasteiger partial charge on any atom is 0.254 e. The fourth-order valence-electron chi connectivity index (χ4n) is 4.09. The van der Waals surface area contributed by atoms with Crippen molar-refractivity contribution >= 4 is 18.2 Å². The van der Waals surface area contributed by atoms with E-state index in [9.17, 15) is 14.4 Å². The Kier molecular flexibility index (Phi) is 5.66. The lowest BCUT2D eigenvalue weighted by Crippen LogP contribution is -2.34. The zero-order chi connectivity index (χ0) is 22.0. The molecule has 4 rings (SSSR count). The average molecular weight is 416 g/mol. The summed E-state index contributed by atoms with van der Waals surface area (Å²) in [6.45, 7) is 2.42. The molecule has 2 heterocycles. The molecule has 0 spiro atoms. The number of nitrogens with one attached hydrogen (secondary N) is 1. The van der Waals surface area contributed by atoms with E-state index >= 15 is 0 Å². The van der Waals surface area contributed by atoms with Crippen LogP contribution in [0.5, 0.6) is 0 Å². The number of carbonyl (C=O) groups excluding carboxylic acids is 3. The molecule has 0 saturated carbocycles. The number of aryl methyl sites for hydroxylation is 1. The van der Waals surface area contributed by atoms with Gasteiger partial charge in [0.15, 0.2) is 0 Å². The first kappa shape index (κ1) is 20.5. The predicted octanol–water partition coefficient (Wildman–Crippen LogP) is 3.15. The van der Waals surface area contributed by atoms with Crippen LogP contribution in [0.15, 0.2) is 54.7 Å². The minimum absolute atomic E-state index is 0.0284. The van der Waals surface area contributed by atoms with Crippen LogP contribution in [0.4, 0.5) is 0 Å². The maximum absolute atomic E-state index is 12.9. The van der Waals surface area contributed by atoms with Crippen LogP contribution in [0, 0.1) is 0 Å². The van der Waals surface area contributed by atoms with Gasteiger partial charge in [-0.15, -0.1) is 0 Å². The van der Waals surface area contributed by atoms with Crippen LogP contribution < -0.4 is 5.32 Å². The minimum Gasteiger partial charge on any atom is -0.332 e. The molecule has 7 heteroatoms. The molecule has 2 aromatic carbocycles. The van der Waals surface area contributed by atoms with Gasteiger partial charge in [-0.3, -0.25) is 24.4 Å². The third-order valence-corrected chi connectivity index (χ3v) is 5.78. The van der Waals surface area contributed by atoms with Crippen molar-refractivity contribution in [2.24, 2.45) is 7.05 Å². The molecule has 1 N–H and O–H groups in total. The highest BCUT2D eigenvalue weighted by atomic mass is 16.2. The Labute approximate surface area is 180 Å². The number of nitrogens with zero attached hydrogens (tertiary/aromatic N) is 3. The number of hydrogen-bond donors (Lipinski definition) is 1. The molecule has 0 aliphatic carbocycles. The van der Waals surface area contributed by atoms with E-state index < -0.39 is 0 Å². The summed E-state index contributed by atoms with van der Waals surface area (Å²) in [6.07, 6.45) is 2.93. The van der Waals surface area contributed by atoms with Gasteiger partial charge in [0.05, 0.1) is 11.9 Å². The molecular weight excluding hydrogens is 392 g/mol. The zero-order valence-corrected chi connectivity index (χ0v) is 17.5. The molecule has 0 radical (unpaired) electrons. The zero-order valence-electron chi connectivity index (χ0n) is 17.5. The Morgan fingerprint density at radius 3 is 2.68 bits per heavy atom. The molecule has 31 heavy (non-hydrogen) atoms. The molecule has 1 atom stereocenters. The number of amides is 3. The average Bonchev–Trinajstić information content (AvgIpc) is 3.32. The fourth-order valence-corrected chi connectivity index (χ4v) is 4.09. The maximum atomic E-state index is 12.9. The summed E-state index contributed by atoms with van der Waals surface area (Å²) >= 11 is 0. The number of imide groups is 1. The highest BCUT2D eigenvalue weighted by molar-refractivity contribution is 5.99. The number of carbonyl (C=O) groups is 3. The molecular formula is C24H24N4O3. The van der Waals surface area contributed by atoms with Crippen LogP contribution in [0.2, 0.25) is 0 Å². The largest absolute Gasteiger partial charge is 0.332 e. The summed E-state index contributed by atoms with van der Waals surface area (Å²) in [7, 11) is 1.92. The van der Waals surface area contributed by atoms with Crippen molar-refractivity contribution in [2.45, 2.75) is 32.4 Å². The van der Waals surface area contributed by atoms with Crippen molar-refractivity contribution in [3.05, 3.63) is 65.9 Å². The smallest absolute Gasteiger partial charge is 0.254 e. The van der Waals surface area contributed by atoms with Gasteiger partial charge >= 0.3 is 0 Å². The first-order valence-electron chi connectivity index (χ1n) is 10.2. The molecule has 1 unspecified atom stereocenters. The Bertz CT molecular complexity index is 1140. The molecule has 0 bridgehead atoms. The summed E-state index contributed by atoms with van der Waals surface area (Å²) in [6, 6.07) is 15.9. The topological polar surface area (TPSA) is 84.3 Å². The summed E-state index contributed by atoms with van der Waals surface area (Å²) < 4.78 is 1.86. The van der Waals surface area contributed by atoms with Gasteiger partial charge in [-0.2, -0.15) is 5.10 Å². The number of rotatable bonds is 7. The normalized spacial score (nSPS) is 13.7. The molecule has 1 aliphatic heterocycles. The Morgan fingerprint density at radius 1 is 1.16 bits per heavy atom. The van der Waals surface area contributed by atoms with Gasteiger partial charge in [0, 0.05) is 42.7 Å². The van der Waals surface area contributed by atoms with Gasteiger partial charge in [0.25, 0.3) is 5.91 Å². The Balaban J connectivity index is 1.58. The summed E-state index contributed by atoms with van der Waals surface area (Å²) in [5.41, 5.74) is 5.79. The standard InChI is InChI=1S/C24H24N4O3/c1-16(8-11-22(30)25-15-29)28-14-19-12-18(9-10-20(19)24(28)31)21-13-26-27(2)23(21)17-6-4-3-5-7-17/h3-7,9-10,12-13,15-16H,8,11,14H2,1-2H3,(H,25,29,30). The van der Waals surface area contributed by atoms with Crippen molar-refractivity contribution in [3.8, 4) is 22.4 Å². The monoisotopic (exact) mass is 416 g/mol. The highest BCUT2D eigenvalue weighted by Crippen LogP contribution is 2.35. The first-order valence-corrected chi connectivity index (χ1v) is 10.2. The summed E-state index contributed by atoms with van der Waals surface area (Å²) in [5, 5.41) is 6.59. The molecule has 3 amide bonds. The van der Waals surface area contributed by atoms with Crippen LogP contribution in [0.3, 0.4) is 0 Å². The van der Waals surface area contributed by atoms with E-state index in [1.54, 1.807) is 4.90 Å². The fraction of sp³-hybridized carbons (Fsp3) is 0.250. The molecule has 158 valence electrons. The van der Waals surface area contributed by atoms with Crippen LogP contribution in [0.1, 0.15) is 35.7 Å². The van der Waals surface area contributed by atoms with Gasteiger partial charge in [-0.25, -0.2) is 0 Å². The van der Waals surface area contributed by atoms with Crippen molar-refractivity contribution in [1.82, 2.24) is 20.0 Å². The number of aromatic nitrogens is 2. The molecule has 0 fully saturated rings. The van der Waals surface area contributed by atoms with E-state index in [-0.39, 0.29) is 24.3 Å². The van der Waals surface area contributed by atoms with Crippen LogP contribution in [-0.4, -0.2) is 38.9 Å². The van der Waals surface area contributed by atoms with Gasteiger partial charge in [-0.05, 0) is 36.6 Å². The quantitative estimate of drug-likeness (QED) is 0.600. The second-order valence-corrected chi connectivity index (χ2v) is 7.77. The third kappa shape index (κ3) is 3.99. The summed E-state index contributed by atoms with van der Waals surface area (Å²) in [5.74, 6) is -0.363. The molecule has 7 nitrogen and oxygen atoms in total. The molecule has 0 saturated heterocycles. The van der Waals surface area contributed by atoms with Crippen LogP contribution in [-0.2, 0) is 23.2 Å².